The molecule has 1 fully saturated rings. The Bertz CT molecular complexity index is 315. The summed E-state index contributed by atoms with van der Waals surface area (Å²) in [5.41, 5.74) is 8.25. The van der Waals surface area contributed by atoms with Crippen LogP contribution in [0.1, 0.15) is 40.0 Å². The van der Waals surface area contributed by atoms with Crippen molar-refractivity contribution in [1.29, 1.82) is 0 Å². The minimum absolute atomic E-state index is 0.421. The number of likely N-dealkylation sites (N-methyl/N-ethyl adjacent to an activating group) is 1. The van der Waals surface area contributed by atoms with E-state index in [1.54, 1.807) is 0 Å². The van der Waals surface area contributed by atoms with Crippen molar-refractivity contribution in [1.82, 2.24) is 4.90 Å². The fourth-order valence-corrected chi connectivity index (χ4v) is 3.04. The second kappa shape index (κ2) is 9.22. The number of nitrogens with zero attached hydrogens (tertiary/aromatic N) is 4. The summed E-state index contributed by atoms with van der Waals surface area (Å²) in [6, 6.07) is 0. The molecule has 0 aromatic rings. The van der Waals surface area contributed by atoms with Crippen LogP contribution in [0.5, 0.6) is 0 Å². The Labute approximate surface area is 123 Å². The second-order valence-corrected chi connectivity index (χ2v) is 6.49. The van der Waals surface area contributed by atoms with Gasteiger partial charge < -0.3 is 9.64 Å². The molecule has 0 heterocycles. The Morgan fingerprint density at radius 3 is 2.75 bits per heavy atom. The van der Waals surface area contributed by atoms with E-state index in [0.717, 1.165) is 25.6 Å². The average molecular weight is 282 g/mol. The molecular weight excluding hydrogens is 252 g/mol. The van der Waals surface area contributed by atoms with Gasteiger partial charge in [0.2, 0.25) is 0 Å². The summed E-state index contributed by atoms with van der Waals surface area (Å²) in [6.45, 7) is 9.94. The van der Waals surface area contributed by atoms with Gasteiger partial charge in [-0.15, -0.1) is 0 Å². The fourth-order valence-electron chi connectivity index (χ4n) is 3.04. The van der Waals surface area contributed by atoms with Crippen LogP contribution in [0.15, 0.2) is 5.11 Å². The smallest absolute Gasteiger partial charge is 0.0608 e. The minimum atomic E-state index is 0.421. The third kappa shape index (κ3) is 6.12. The highest BCUT2D eigenvalue weighted by atomic mass is 16.5. The van der Waals surface area contributed by atoms with Gasteiger partial charge in [0.05, 0.1) is 12.7 Å². The standard InChI is InChI=1S/C15H30N4O/c1-12(2)14-6-5-13(3)11-15(14)20-10-9-19(4)8-7-17-18-16/h12-15H,5-11H2,1-4H3/t13-,14+,15-/m1/s1. The van der Waals surface area contributed by atoms with Crippen molar-refractivity contribution in [2.24, 2.45) is 22.9 Å². The lowest BCUT2D eigenvalue weighted by Gasteiger charge is -2.37. The molecule has 0 N–H and O–H groups in total. The largest absolute Gasteiger partial charge is 0.377 e. The molecule has 0 saturated heterocycles. The Morgan fingerprint density at radius 1 is 1.35 bits per heavy atom. The first-order valence-corrected chi connectivity index (χ1v) is 7.85. The monoisotopic (exact) mass is 282 g/mol. The Balaban J connectivity index is 2.28. The molecule has 20 heavy (non-hydrogen) atoms. The molecule has 1 rings (SSSR count). The number of ether oxygens (including phenoxy) is 1. The summed E-state index contributed by atoms with van der Waals surface area (Å²) in [7, 11) is 2.04. The quantitative estimate of drug-likeness (QED) is 0.387. The van der Waals surface area contributed by atoms with Crippen LogP contribution in [-0.2, 0) is 4.74 Å². The van der Waals surface area contributed by atoms with Crippen molar-refractivity contribution in [3.05, 3.63) is 10.4 Å². The summed E-state index contributed by atoms with van der Waals surface area (Å²) >= 11 is 0. The molecule has 0 aliphatic heterocycles. The lowest BCUT2D eigenvalue weighted by atomic mass is 9.75. The van der Waals surface area contributed by atoms with Crippen LogP contribution >= 0.6 is 0 Å². The molecule has 0 radical (unpaired) electrons. The first-order chi connectivity index (χ1) is 9.54. The van der Waals surface area contributed by atoms with Gasteiger partial charge in [0, 0.05) is 24.5 Å². The van der Waals surface area contributed by atoms with Crippen LogP contribution in [0.2, 0.25) is 0 Å². The van der Waals surface area contributed by atoms with Gasteiger partial charge in [-0.2, -0.15) is 0 Å². The zero-order valence-electron chi connectivity index (χ0n) is 13.5. The number of azide groups is 1. The first-order valence-electron chi connectivity index (χ1n) is 7.85. The van der Waals surface area contributed by atoms with E-state index in [1.165, 1.54) is 19.3 Å². The third-order valence-corrected chi connectivity index (χ3v) is 4.41. The molecule has 3 atom stereocenters. The summed E-state index contributed by atoms with van der Waals surface area (Å²) < 4.78 is 6.16. The molecule has 5 heteroatoms. The van der Waals surface area contributed by atoms with E-state index in [0.29, 0.717) is 24.5 Å². The number of hydrogen-bond acceptors (Lipinski definition) is 3. The van der Waals surface area contributed by atoms with E-state index in [2.05, 4.69) is 35.7 Å². The topological polar surface area (TPSA) is 61.2 Å². The van der Waals surface area contributed by atoms with Crippen molar-refractivity contribution in [3.63, 3.8) is 0 Å². The van der Waals surface area contributed by atoms with Crippen LogP contribution in [-0.4, -0.2) is 44.3 Å². The Morgan fingerprint density at radius 2 is 2.10 bits per heavy atom. The minimum Gasteiger partial charge on any atom is -0.377 e. The molecule has 0 amide bonds. The van der Waals surface area contributed by atoms with Crippen LogP contribution < -0.4 is 0 Å². The molecule has 5 nitrogen and oxygen atoms in total. The van der Waals surface area contributed by atoms with E-state index in [1.807, 2.05) is 7.05 Å². The SMILES string of the molecule is CC(C)[C@@H]1CC[C@@H](C)C[C@H]1OCCN(C)CCN=[N+]=[N-]. The van der Waals surface area contributed by atoms with Gasteiger partial charge in [-0.05, 0) is 43.2 Å². The molecule has 0 bridgehead atoms. The second-order valence-electron chi connectivity index (χ2n) is 6.49. The lowest BCUT2D eigenvalue weighted by molar-refractivity contribution is -0.0427. The van der Waals surface area contributed by atoms with Crippen LogP contribution in [0.25, 0.3) is 10.4 Å². The van der Waals surface area contributed by atoms with Gasteiger partial charge in [-0.3, -0.25) is 0 Å². The van der Waals surface area contributed by atoms with E-state index in [4.69, 9.17) is 10.3 Å². The van der Waals surface area contributed by atoms with Gasteiger partial charge >= 0.3 is 0 Å². The maximum absolute atomic E-state index is 8.25. The van der Waals surface area contributed by atoms with Crippen LogP contribution in [0, 0.1) is 17.8 Å². The van der Waals surface area contributed by atoms with Crippen molar-refractivity contribution >= 4 is 0 Å². The highest BCUT2D eigenvalue weighted by molar-refractivity contribution is 4.81. The zero-order chi connectivity index (χ0) is 15.0. The third-order valence-electron chi connectivity index (χ3n) is 4.41. The summed E-state index contributed by atoms with van der Waals surface area (Å²) in [5.74, 6) is 2.20. The number of rotatable bonds is 8. The van der Waals surface area contributed by atoms with Crippen LogP contribution in [0.4, 0.5) is 0 Å². The first kappa shape index (κ1) is 17.3. The predicted octanol–water partition coefficient (Wildman–Crippen LogP) is 3.71. The van der Waals surface area contributed by atoms with Crippen molar-refractivity contribution in [2.45, 2.75) is 46.1 Å². The average Bonchev–Trinajstić information content (AvgIpc) is 2.38. The predicted molar refractivity (Wildman–Crippen MR) is 82.6 cm³/mol. The molecule has 116 valence electrons. The van der Waals surface area contributed by atoms with E-state index < -0.39 is 0 Å². The Kier molecular flexibility index (Phi) is 7.97. The summed E-state index contributed by atoms with van der Waals surface area (Å²) in [4.78, 5) is 4.92. The lowest BCUT2D eigenvalue weighted by Crippen LogP contribution is -2.36. The van der Waals surface area contributed by atoms with Crippen molar-refractivity contribution in [3.8, 4) is 0 Å². The van der Waals surface area contributed by atoms with Crippen molar-refractivity contribution in [2.75, 3.05) is 33.3 Å². The van der Waals surface area contributed by atoms with Gasteiger partial charge in [0.15, 0.2) is 0 Å². The van der Waals surface area contributed by atoms with E-state index in [-0.39, 0.29) is 0 Å². The van der Waals surface area contributed by atoms with Gasteiger partial charge in [0.1, 0.15) is 0 Å². The Hall–Kier alpha value is -0.770. The van der Waals surface area contributed by atoms with Gasteiger partial charge in [-0.25, -0.2) is 0 Å². The fraction of sp³-hybridized carbons (Fsp3) is 1.00. The molecule has 1 aliphatic carbocycles. The van der Waals surface area contributed by atoms with Gasteiger partial charge in [0.25, 0.3) is 0 Å². The van der Waals surface area contributed by atoms with Gasteiger partial charge in [-0.1, -0.05) is 32.3 Å². The molecule has 1 aliphatic rings. The maximum Gasteiger partial charge on any atom is 0.0608 e. The molecule has 0 aromatic heterocycles. The highest BCUT2D eigenvalue weighted by Gasteiger charge is 2.31. The van der Waals surface area contributed by atoms with E-state index >= 15 is 0 Å². The normalized spacial score (nSPS) is 26.8. The molecule has 0 unspecified atom stereocenters. The number of hydrogen-bond donors (Lipinski definition) is 0. The maximum atomic E-state index is 8.25. The van der Waals surface area contributed by atoms with E-state index in [9.17, 15) is 0 Å². The zero-order valence-corrected chi connectivity index (χ0v) is 13.5. The molecule has 0 spiro atoms. The highest BCUT2D eigenvalue weighted by Crippen LogP contribution is 2.35. The molecule has 0 aromatic carbocycles. The van der Waals surface area contributed by atoms with Crippen LogP contribution in [0.3, 0.4) is 0 Å². The summed E-state index contributed by atoms with van der Waals surface area (Å²) in [5, 5.41) is 3.55. The molecule has 1 saturated carbocycles. The molecular formula is C15H30N4O. The summed E-state index contributed by atoms with van der Waals surface area (Å²) in [6.07, 6.45) is 4.26. The van der Waals surface area contributed by atoms with Crippen molar-refractivity contribution < 1.29 is 4.74 Å².